The summed E-state index contributed by atoms with van der Waals surface area (Å²) in [5, 5.41) is 8.02. The minimum atomic E-state index is -3.91. The van der Waals surface area contributed by atoms with Crippen LogP contribution in [0.15, 0.2) is 53.4 Å². The van der Waals surface area contributed by atoms with Crippen LogP contribution in [0, 0.1) is 0 Å². The van der Waals surface area contributed by atoms with Gasteiger partial charge in [0.05, 0.1) is 10.5 Å². The zero-order valence-electron chi connectivity index (χ0n) is 11.0. The molecule has 0 atom stereocenters. The molecule has 2 N–H and O–H groups in total. The van der Waals surface area contributed by atoms with Crippen LogP contribution in [-0.2, 0) is 10.0 Å². The van der Waals surface area contributed by atoms with Crippen molar-refractivity contribution >= 4 is 38.5 Å². The number of carboxylic acid groups (broad SMARTS) is 1. The third kappa shape index (κ3) is 3.63. The van der Waals surface area contributed by atoms with Crippen LogP contribution in [0.5, 0.6) is 0 Å². The average Bonchev–Trinajstić information content (AvgIpc) is 2.47. The molecular formula is C14H10ClNO5S. The van der Waals surface area contributed by atoms with Gasteiger partial charge in [-0.1, -0.05) is 12.1 Å². The lowest BCUT2D eigenvalue weighted by Crippen LogP contribution is -2.13. The molecule has 0 saturated heterocycles. The standard InChI is InChI=1S/C14H10ClNO5S/c15-13(17)10-2-1-3-12(8-10)22(20,21)16-11-6-4-9(5-7-11)14(18)19/h1-8,16H,(H,18,19). The normalized spacial score (nSPS) is 11.0. The Morgan fingerprint density at radius 3 is 2.18 bits per heavy atom. The maximum absolute atomic E-state index is 12.2. The second-order valence-corrected chi connectivity index (χ2v) is 6.32. The van der Waals surface area contributed by atoms with Gasteiger partial charge >= 0.3 is 5.97 Å². The minimum Gasteiger partial charge on any atom is -0.478 e. The van der Waals surface area contributed by atoms with Gasteiger partial charge in [0.1, 0.15) is 0 Å². The van der Waals surface area contributed by atoms with Gasteiger partial charge in [0.25, 0.3) is 15.3 Å². The molecule has 0 amide bonds. The van der Waals surface area contributed by atoms with Gasteiger partial charge in [-0.25, -0.2) is 13.2 Å². The number of nitrogens with one attached hydrogen (secondary N) is 1. The first-order valence-corrected chi connectivity index (χ1v) is 7.82. The monoisotopic (exact) mass is 339 g/mol. The van der Waals surface area contributed by atoms with Crippen molar-refractivity contribution in [1.82, 2.24) is 0 Å². The number of halogens is 1. The van der Waals surface area contributed by atoms with E-state index in [1.165, 1.54) is 42.5 Å². The summed E-state index contributed by atoms with van der Waals surface area (Å²) in [5.74, 6) is -1.11. The highest BCUT2D eigenvalue weighted by atomic mass is 35.5. The van der Waals surface area contributed by atoms with E-state index in [-0.39, 0.29) is 21.7 Å². The van der Waals surface area contributed by atoms with Gasteiger partial charge in [0, 0.05) is 11.3 Å². The molecule has 6 nitrogen and oxygen atoms in total. The Bertz CT molecular complexity index is 831. The summed E-state index contributed by atoms with van der Waals surface area (Å²) in [6.07, 6.45) is 0. The van der Waals surface area contributed by atoms with E-state index in [0.29, 0.717) is 0 Å². The molecule has 8 heteroatoms. The number of carbonyl (C=O) groups is 2. The van der Waals surface area contributed by atoms with Crippen molar-refractivity contribution in [3.63, 3.8) is 0 Å². The molecule has 0 saturated carbocycles. The smallest absolute Gasteiger partial charge is 0.335 e. The van der Waals surface area contributed by atoms with Crippen LogP contribution in [0.25, 0.3) is 0 Å². The molecule has 0 unspecified atom stereocenters. The van der Waals surface area contributed by atoms with Crippen LogP contribution < -0.4 is 4.72 Å². The number of benzene rings is 2. The number of sulfonamides is 1. The van der Waals surface area contributed by atoms with E-state index < -0.39 is 21.2 Å². The lowest BCUT2D eigenvalue weighted by molar-refractivity contribution is 0.0696. The Balaban J connectivity index is 2.29. The highest BCUT2D eigenvalue weighted by Crippen LogP contribution is 2.18. The molecule has 2 aromatic rings. The molecule has 0 heterocycles. The topological polar surface area (TPSA) is 101 Å². The van der Waals surface area contributed by atoms with Gasteiger partial charge in [-0.3, -0.25) is 9.52 Å². The first-order chi connectivity index (χ1) is 10.3. The number of hydrogen-bond acceptors (Lipinski definition) is 4. The summed E-state index contributed by atoms with van der Waals surface area (Å²) < 4.78 is 26.7. The summed E-state index contributed by atoms with van der Waals surface area (Å²) in [7, 11) is -3.91. The number of carboxylic acids is 1. The first-order valence-electron chi connectivity index (χ1n) is 5.96. The summed E-state index contributed by atoms with van der Waals surface area (Å²) in [6, 6.07) is 10.5. The zero-order valence-corrected chi connectivity index (χ0v) is 12.6. The van der Waals surface area contributed by atoms with Crippen LogP contribution in [0.3, 0.4) is 0 Å². The van der Waals surface area contributed by atoms with Crippen molar-refractivity contribution in [2.24, 2.45) is 0 Å². The fourth-order valence-corrected chi connectivity index (χ4v) is 2.90. The van der Waals surface area contributed by atoms with Crippen molar-refractivity contribution in [3.8, 4) is 0 Å². The minimum absolute atomic E-state index is 0.0395. The summed E-state index contributed by atoms with van der Waals surface area (Å²) in [4.78, 5) is 21.7. The summed E-state index contributed by atoms with van der Waals surface area (Å²) in [6.45, 7) is 0. The molecule has 0 aliphatic carbocycles. The number of rotatable bonds is 5. The maximum atomic E-state index is 12.2. The molecule has 0 radical (unpaired) electrons. The third-order valence-electron chi connectivity index (χ3n) is 2.76. The third-order valence-corrected chi connectivity index (χ3v) is 4.35. The molecule has 0 bridgehead atoms. The van der Waals surface area contributed by atoms with Gasteiger partial charge in [-0.15, -0.1) is 0 Å². The lowest BCUT2D eigenvalue weighted by atomic mass is 10.2. The Kier molecular flexibility index (Phi) is 4.48. The molecular weight excluding hydrogens is 330 g/mol. The van der Waals surface area contributed by atoms with E-state index in [4.69, 9.17) is 16.7 Å². The fraction of sp³-hybridized carbons (Fsp3) is 0. The number of carbonyl (C=O) groups excluding carboxylic acids is 1. The van der Waals surface area contributed by atoms with Crippen LogP contribution in [-0.4, -0.2) is 24.7 Å². The summed E-state index contributed by atoms with van der Waals surface area (Å²) in [5.41, 5.74) is 0.302. The van der Waals surface area contributed by atoms with Crippen molar-refractivity contribution in [2.45, 2.75) is 4.90 Å². The first kappa shape index (κ1) is 16.0. The highest BCUT2D eigenvalue weighted by Gasteiger charge is 2.16. The van der Waals surface area contributed by atoms with Gasteiger partial charge in [-0.2, -0.15) is 0 Å². The maximum Gasteiger partial charge on any atom is 0.335 e. The number of anilines is 1. The molecule has 0 aliphatic rings. The molecule has 22 heavy (non-hydrogen) atoms. The van der Waals surface area contributed by atoms with Gasteiger partial charge in [0.2, 0.25) is 0 Å². The van der Waals surface area contributed by atoms with Gasteiger partial charge in [0.15, 0.2) is 0 Å². The predicted octanol–water partition coefficient (Wildman–Crippen LogP) is 2.56. The van der Waals surface area contributed by atoms with Gasteiger partial charge in [-0.05, 0) is 48.0 Å². The zero-order chi connectivity index (χ0) is 16.3. The SMILES string of the molecule is O=C(O)c1ccc(NS(=O)(=O)c2cccc(C(=O)Cl)c2)cc1. The molecule has 0 spiro atoms. The lowest BCUT2D eigenvalue weighted by Gasteiger charge is -2.09. The van der Waals surface area contributed by atoms with Gasteiger partial charge < -0.3 is 5.11 Å². The fourth-order valence-electron chi connectivity index (χ4n) is 1.68. The molecule has 2 aromatic carbocycles. The Morgan fingerprint density at radius 2 is 1.64 bits per heavy atom. The van der Waals surface area contributed by atoms with E-state index in [1.54, 1.807) is 0 Å². The molecule has 2 rings (SSSR count). The van der Waals surface area contributed by atoms with E-state index in [0.717, 1.165) is 6.07 Å². The Hall–Kier alpha value is -2.38. The van der Waals surface area contributed by atoms with E-state index in [2.05, 4.69) is 4.72 Å². The Morgan fingerprint density at radius 1 is 1.00 bits per heavy atom. The van der Waals surface area contributed by atoms with Crippen molar-refractivity contribution in [1.29, 1.82) is 0 Å². The molecule has 0 aromatic heterocycles. The van der Waals surface area contributed by atoms with Crippen molar-refractivity contribution < 1.29 is 23.1 Å². The van der Waals surface area contributed by atoms with Crippen LogP contribution in [0.2, 0.25) is 0 Å². The van der Waals surface area contributed by atoms with E-state index in [1.807, 2.05) is 0 Å². The number of hydrogen-bond donors (Lipinski definition) is 2. The molecule has 0 aliphatic heterocycles. The largest absolute Gasteiger partial charge is 0.478 e. The summed E-state index contributed by atoms with van der Waals surface area (Å²) >= 11 is 5.32. The van der Waals surface area contributed by atoms with Crippen LogP contribution in [0.4, 0.5) is 5.69 Å². The van der Waals surface area contributed by atoms with Crippen LogP contribution in [0.1, 0.15) is 20.7 Å². The quantitative estimate of drug-likeness (QED) is 0.815. The van der Waals surface area contributed by atoms with Crippen molar-refractivity contribution in [2.75, 3.05) is 4.72 Å². The second-order valence-electron chi connectivity index (χ2n) is 4.29. The second kappa shape index (κ2) is 6.17. The molecule has 0 fully saturated rings. The predicted molar refractivity (Wildman–Crippen MR) is 80.8 cm³/mol. The van der Waals surface area contributed by atoms with E-state index in [9.17, 15) is 18.0 Å². The highest BCUT2D eigenvalue weighted by molar-refractivity contribution is 7.92. The van der Waals surface area contributed by atoms with Crippen LogP contribution >= 0.6 is 11.6 Å². The molecule has 114 valence electrons. The van der Waals surface area contributed by atoms with Crippen molar-refractivity contribution in [3.05, 3.63) is 59.7 Å². The number of aromatic carboxylic acids is 1. The Labute approximate surface area is 131 Å². The average molecular weight is 340 g/mol. The van der Waals surface area contributed by atoms with E-state index >= 15 is 0 Å².